The Labute approximate surface area is 161 Å². The molecule has 2 aromatic carbocycles. The quantitative estimate of drug-likeness (QED) is 0.504. The van der Waals surface area contributed by atoms with E-state index in [2.05, 4.69) is 10.2 Å². The monoisotopic (exact) mass is 376 g/mol. The van der Waals surface area contributed by atoms with Gasteiger partial charge in [-0.25, -0.2) is 0 Å². The van der Waals surface area contributed by atoms with Gasteiger partial charge in [0.1, 0.15) is 11.5 Å². The molecule has 2 aromatic heterocycles. The summed E-state index contributed by atoms with van der Waals surface area (Å²) in [6.45, 7) is 5.67. The third kappa shape index (κ3) is 2.65. The fraction of sp³-hybridized carbons (Fsp3) is 0.182. The van der Waals surface area contributed by atoms with Crippen LogP contribution in [0, 0.1) is 20.8 Å². The Bertz CT molecular complexity index is 1200. The van der Waals surface area contributed by atoms with E-state index in [9.17, 15) is 9.90 Å². The molecule has 142 valence electrons. The molecule has 28 heavy (non-hydrogen) atoms. The van der Waals surface area contributed by atoms with Crippen LogP contribution in [0.25, 0.3) is 22.3 Å². The number of phenols is 1. The van der Waals surface area contributed by atoms with Crippen LogP contribution in [0.2, 0.25) is 0 Å². The summed E-state index contributed by atoms with van der Waals surface area (Å²) in [7, 11) is 1.58. The Morgan fingerprint density at radius 3 is 2.64 bits per heavy atom. The van der Waals surface area contributed by atoms with Crippen molar-refractivity contribution < 1.29 is 19.1 Å². The molecule has 0 aliphatic carbocycles. The average Bonchev–Trinajstić information content (AvgIpc) is 3.34. The molecule has 0 unspecified atom stereocenters. The predicted molar refractivity (Wildman–Crippen MR) is 106 cm³/mol. The molecule has 0 aliphatic rings. The number of aromatic amines is 1. The van der Waals surface area contributed by atoms with Gasteiger partial charge >= 0.3 is 0 Å². The summed E-state index contributed by atoms with van der Waals surface area (Å²) in [5.74, 6) is 0.838. The largest absolute Gasteiger partial charge is 0.504 e. The van der Waals surface area contributed by atoms with Crippen LogP contribution in [0.3, 0.4) is 0 Å². The molecule has 0 amide bonds. The van der Waals surface area contributed by atoms with E-state index >= 15 is 0 Å². The number of rotatable bonds is 4. The maximum atomic E-state index is 13.5. The number of ether oxygens (including phenoxy) is 1. The van der Waals surface area contributed by atoms with Crippen molar-refractivity contribution in [1.29, 1.82) is 0 Å². The Balaban J connectivity index is 2.00. The SMILES string of the molecule is COc1cc(C(=O)c2c(-c3cn[nH]c3)oc3c(O)c(C)ccc23)cc(C)c1C. The van der Waals surface area contributed by atoms with E-state index in [1.165, 1.54) is 0 Å². The number of hydrogen-bond donors (Lipinski definition) is 2. The second-order valence-corrected chi connectivity index (χ2v) is 6.85. The number of furan rings is 1. The summed E-state index contributed by atoms with van der Waals surface area (Å²) in [6.07, 6.45) is 3.23. The number of benzene rings is 2. The third-order valence-electron chi connectivity index (χ3n) is 5.12. The van der Waals surface area contributed by atoms with Crippen molar-refractivity contribution in [2.45, 2.75) is 20.8 Å². The van der Waals surface area contributed by atoms with Crippen LogP contribution in [-0.2, 0) is 0 Å². The van der Waals surface area contributed by atoms with Gasteiger partial charge in [0.05, 0.1) is 24.4 Å². The third-order valence-corrected chi connectivity index (χ3v) is 5.12. The Hall–Kier alpha value is -3.54. The Kier molecular flexibility index (Phi) is 4.19. The van der Waals surface area contributed by atoms with Gasteiger partial charge in [-0.15, -0.1) is 0 Å². The van der Waals surface area contributed by atoms with Gasteiger partial charge in [0.15, 0.2) is 17.1 Å². The molecule has 0 fully saturated rings. The second kappa shape index (κ2) is 6.56. The normalized spacial score (nSPS) is 11.1. The molecule has 2 heterocycles. The molecule has 6 nitrogen and oxygen atoms in total. The number of aromatic nitrogens is 2. The minimum atomic E-state index is -0.209. The number of hydrogen-bond acceptors (Lipinski definition) is 5. The highest BCUT2D eigenvalue weighted by molar-refractivity contribution is 6.20. The summed E-state index contributed by atoms with van der Waals surface area (Å²) in [4.78, 5) is 13.5. The summed E-state index contributed by atoms with van der Waals surface area (Å²) >= 11 is 0. The van der Waals surface area contributed by atoms with Gasteiger partial charge in [-0.2, -0.15) is 5.10 Å². The minimum Gasteiger partial charge on any atom is -0.504 e. The molecule has 0 saturated heterocycles. The van der Waals surface area contributed by atoms with E-state index in [4.69, 9.17) is 9.15 Å². The number of carbonyl (C=O) groups is 1. The first kappa shape index (κ1) is 17.9. The van der Waals surface area contributed by atoms with Gasteiger partial charge in [-0.05, 0) is 55.7 Å². The highest BCUT2D eigenvalue weighted by atomic mass is 16.5. The molecule has 0 spiro atoms. The number of nitrogens with one attached hydrogen (secondary N) is 1. The topological polar surface area (TPSA) is 88.4 Å². The van der Waals surface area contributed by atoms with Crippen LogP contribution < -0.4 is 4.74 Å². The number of aromatic hydroxyl groups is 1. The van der Waals surface area contributed by atoms with Crippen molar-refractivity contribution in [1.82, 2.24) is 10.2 Å². The van der Waals surface area contributed by atoms with Gasteiger partial charge < -0.3 is 14.3 Å². The van der Waals surface area contributed by atoms with Crippen molar-refractivity contribution >= 4 is 16.8 Å². The number of nitrogens with zero attached hydrogens (tertiary/aromatic N) is 1. The second-order valence-electron chi connectivity index (χ2n) is 6.85. The summed E-state index contributed by atoms with van der Waals surface area (Å²) in [5, 5.41) is 17.7. The van der Waals surface area contributed by atoms with Gasteiger partial charge in [-0.1, -0.05) is 6.07 Å². The van der Waals surface area contributed by atoms with Gasteiger partial charge in [-0.3, -0.25) is 9.89 Å². The number of ketones is 1. The molecule has 0 bridgehead atoms. The minimum absolute atomic E-state index is 0.0268. The molecule has 4 rings (SSSR count). The average molecular weight is 376 g/mol. The lowest BCUT2D eigenvalue weighted by molar-refractivity contribution is 0.104. The van der Waals surface area contributed by atoms with E-state index in [1.54, 1.807) is 44.6 Å². The van der Waals surface area contributed by atoms with Crippen LogP contribution in [0.15, 0.2) is 41.1 Å². The smallest absolute Gasteiger partial charge is 0.197 e. The lowest BCUT2D eigenvalue weighted by Crippen LogP contribution is -2.04. The maximum Gasteiger partial charge on any atom is 0.197 e. The van der Waals surface area contributed by atoms with E-state index < -0.39 is 0 Å². The molecule has 4 aromatic rings. The number of H-pyrrole nitrogens is 1. The predicted octanol–water partition coefficient (Wildman–Crippen LogP) is 4.69. The van der Waals surface area contributed by atoms with Gasteiger partial charge in [0, 0.05) is 17.1 Å². The molecule has 0 aliphatic heterocycles. The Morgan fingerprint density at radius 2 is 1.96 bits per heavy atom. The van der Waals surface area contributed by atoms with Crippen LogP contribution in [0.1, 0.15) is 32.6 Å². The zero-order chi connectivity index (χ0) is 20.0. The highest BCUT2D eigenvalue weighted by Gasteiger charge is 2.26. The van der Waals surface area contributed by atoms with E-state index in [1.807, 2.05) is 19.9 Å². The van der Waals surface area contributed by atoms with E-state index in [0.29, 0.717) is 39.1 Å². The van der Waals surface area contributed by atoms with Crippen LogP contribution >= 0.6 is 0 Å². The number of fused-ring (bicyclic) bond motifs is 1. The first-order valence-corrected chi connectivity index (χ1v) is 8.86. The van der Waals surface area contributed by atoms with Gasteiger partial charge in [0.2, 0.25) is 0 Å². The first-order valence-electron chi connectivity index (χ1n) is 8.86. The van der Waals surface area contributed by atoms with Crippen LogP contribution in [0.5, 0.6) is 11.5 Å². The maximum absolute atomic E-state index is 13.5. The molecule has 2 N–H and O–H groups in total. The zero-order valence-electron chi connectivity index (χ0n) is 16.1. The van der Waals surface area contributed by atoms with Crippen LogP contribution in [0.4, 0.5) is 0 Å². The molecule has 6 heteroatoms. The van der Waals surface area contributed by atoms with Crippen molar-refractivity contribution in [2.24, 2.45) is 0 Å². The number of methoxy groups -OCH3 is 1. The fourth-order valence-corrected chi connectivity index (χ4v) is 3.36. The van der Waals surface area contributed by atoms with Crippen molar-refractivity contribution in [3.8, 4) is 22.8 Å². The number of aryl methyl sites for hydroxylation is 2. The lowest BCUT2D eigenvalue weighted by atomic mass is 9.95. The summed E-state index contributed by atoms with van der Waals surface area (Å²) in [6, 6.07) is 7.13. The highest BCUT2D eigenvalue weighted by Crippen LogP contribution is 2.40. The molecular weight excluding hydrogens is 356 g/mol. The fourth-order valence-electron chi connectivity index (χ4n) is 3.36. The molecule has 0 saturated carbocycles. The van der Waals surface area contributed by atoms with E-state index in [0.717, 1.165) is 11.1 Å². The number of phenolic OH excluding ortho intramolecular Hbond substituents is 1. The number of carbonyl (C=O) groups excluding carboxylic acids is 1. The zero-order valence-corrected chi connectivity index (χ0v) is 16.1. The standard InChI is InChI=1S/C22H20N2O4/c1-11-5-6-16-18(20(26)14-7-12(2)13(3)17(8-14)27-4)21(15-9-23-24-10-15)28-22(16)19(11)25/h5-10,25H,1-4H3,(H,23,24). The molecule has 0 radical (unpaired) electrons. The molecule has 0 atom stereocenters. The van der Waals surface area contributed by atoms with Crippen molar-refractivity contribution in [3.05, 3.63) is 64.5 Å². The van der Waals surface area contributed by atoms with E-state index in [-0.39, 0.29) is 17.1 Å². The van der Waals surface area contributed by atoms with Crippen LogP contribution in [-0.4, -0.2) is 28.2 Å². The van der Waals surface area contributed by atoms with Gasteiger partial charge in [0.25, 0.3) is 0 Å². The lowest BCUT2D eigenvalue weighted by Gasteiger charge is -2.10. The summed E-state index contributed by atoms with van der Waals surface area (Å²) in [5.41, 5.74) is 4.41. The van der Waals surface area contributed by atoms with Crippen molar-refractivity contribution in [3.63, 3.8) is 0 Å². The first-order chi connectivity index (χ1) is 13.4. The summed E-state index contributed by atoms with van der Waals surface area (Å²) < 4.78 is 11.4. The Morgan fingerprint density at radius 1 is 1.18 bits per heavy atom. The van der Waals surface area contributed by atoms with Crippen molar-refractivity contribution in [2.75, 3.05) is 7.11 Å². The molecular formula is C22H20N2O4.